The van der Waals surface area contributed by atoms with Gasteiger partial charge in [-0.3, -0.25) is 4.98 Å². The molecule has 0 radical (unpaired) electrons. The fraction of sp³-hybridized carbons (Fsp3) is 0.447. The van der Waals surface area contributed by atoms with Crippen LogP contribution in [-0.2, 0) is 73.4 Å². The molecule has 3 aliphatic heterocycles. The van der Waals surface area contributed by atoms with Crippen molar-refractivity contribution in [1.82, 2.24) is 29.3 Å². The molecule has 20 rings (SSSR count). The van der Waals surface area contributed by atoms with Gasteiger partial charge < -0.3 is 33.5 Å². The van der Waals surface area contributed by atoms with E-state index < -0.39 is 0 Å². The van der Waals surface area contributed by atoms with E-state index in [9.17, 15) is 0 Å². The van der Waals surface area contributed by atoms with Crippen LogP contribution in [0.2, 0.25) is 0 Å². The Kier molecular flexibility index (Phi) is 40.6. The van der Waals surface area contributed by atoms with Gasteiger partial charge in [-0.2, -0.15) is 0 Å². The summed E-state index contributed by atoms with van der Waals surface area (Å²) in [5.74, 6) is 3.59. The predicted octanol–water partition coefficient (Wildman–Crippen LogP) is 37.4. The number of pyridine rings is 2. The maximum Gasteiger partial charge on any atom is 0.161 e. The monoisotopic (exact) mass is 1980 g/mol. The number of nitrogens with one attached hydrogen (secondary N) is 2. The number of hydrogen-bond donors (Lipinski definition) is 2. The number of aryl methyl sites for hydroxylation is 4. The summed E-state index contributed by atoms with van der Waals surface area (Å²) >= 11 is 3.56. The maximum absolute atomic E-state index is 5.53. The average Bonchev–Trinajstić information content (AvgIpc) is 1.59. The van der Waals surface area contributed by atoms with Crippen LogP contribution < -0.4 is 19.1 Å². The van der Waals surface area contributed by atoms with Gasteiger partial charge in [0.25, 0.3) is 0 Å². The number of anilines is 1. The molecule has 0 saturated carbocycles. The van der Waals surface area contributed by atoms with E-state index in [4.69, 9.17) is 14.2 Å². The van der Waals surface area contributed by atoms with E-state index >= 15 is 0 Å². The zero-order chi connectivity index (χ0) is 105. The Hall–Kier alpha value is -11.1. The second-order valence-corrected chi connectivity index (χ2v) is 51.9. The third-order valence-electron chi connectivity index (χ3n) is 26.3. The SMILES string of the molecule is C.C.CC(C)(C)C1CCc2ccccc21.CC(C)(C)c1ccc2[nH]ccc2c1.CC(C)(C)c1ccc2c(c1)CCO2.CC(C)(C)c1ccc2c(c1)OCCO2.CC(C)(C)c1ccc2ccsc2c1.CC(C)(C)c1ccccc1.CC(C)(C)c1ccnc2ccccc12.CC(C)(C)c1cn2ccccc2n1.CN1CCCc2cc(C(C)(C)C)ccc21.Cc1cc2cc(C(C)(C)C)ccc2[nH]1.Cc1csc(C(C)(C)C)n1. The molecular weight excluding hydrogens is 1800 g/mol. The Balaban J connectivity index is 0.000000194. The standard InChI is InChI=1S/C14H21N.C13H17N.C13H15N.C13H18.C12H15N.C12H16O2.C12H16O.C12H14S.C11H14N2.C10H14.C8H13NS.2CH4/c1-14(2,3)12-7-8-13-11(10-12)6-5-9-15(13)4;1-9-7-10-8-11(13(2,3)4)5-6-12(10)14-9;1-13(2,3)11-8-9-14-12-7-5-4-6-10(11)12;1-13(2,3)12-9-8-10-6-4-5-7-11(10)12;1-12(2,3)10-4-5-11-9(8-10)6-7-13-11;1-12(2,3)9-4-5-10-11(8-9)14-7-6-13-10;1-12(2,3)10-4-5-11-9(8-10)6-7-13-11;1-12(2,3)10-5-4-9-6-7-13-11(9)8-10;1-11(2,3)9-8-13-7-5-4-6-10(13)12-9;1-10(2,3)9-7-5-4-6-8-9;1-6-5-10-7(9-6)8(2,3)4;;/h7-8,10H,5-6,9H2,1-4H3;5-8,14H,1-4H3;4-9H,1-3H3;4-7,12H,8-9H2,1-3H3;4-8,13H,1-3H3;4-5,8H,6-7H2,1-3H3;4-5,8H,6-7H2,1-3H3;2*4-8H,1-3H3;4-8H,1-3H3;5H,1-4H3;2*1H4. The molecule has 0 spiro atoms. The first-order valence-corrected chi connectivity index (χ1v) is 53.4. The summed E-state index contributed by atoms with van der Waals surface area (Å²) in [5, 5.41) is 10.7. The lowest BCUT2D eigenvalue weighted by Gasteiger charge is -2.29. The normalized spacial score (nSPS) is 13.8. The van der Waals surface area contributed by atoms with Crippen molar-refractivity contribution >= 4 is 76.8 Å². The van der Waals surface area contributed by atoms with Gasteiger partial charge in [0, 0.05) is 99.2 Å². The van der Waals surface area contributed by atoms with E-state index in [1.807, 2.05) is 67.2 Å². The van der Waals surface area contributed by atoms with Crippen molar-refractivity contribution in [3.63, 3.8) is 0 Å². The summed E-state index contributed by atoms with van der Waals surface area (Å²) < 4.78 is 19.9. The molecular formula is C132H181N7O3S2. The van der Waals surface area contributed by atoms with Crippen LogP contribution in [0.25, 0.3) is 48.4 Å². The molecule has 1 unspecified atom stereocenters. The van der Waals surface area contributed by atoms with E-state index in [0.29, 0.717) is 24.0 Å². The molecule has 10 heterocycles. The van der Waals surface area contributed by atoms with Crippen molar-refractivity contribution in [3.05, 3.63) is 355 Å². The van der Waals surface area contributed by atoms with E-state index in [2.05, 4.69) is 494 Å². The van der Waals surface area contributed by atoms with Crippen molar-refractivity contribution in [2.45, 2.75) is 349 Å². The smallest absolute Gasteiger partial charge is 0.161 e. The van der Waals surface area contributed by atoms with Gasteiger partial charge in [0.05, 0.1) is 22.8 Å². The number of H-pyrrole nitrogens is 2. The topological polar surface area (TPSA) is 106 Å². The van der Waals surface area contributed by atoms with Gasteiger partial charge >= 0.3 is 0 Å². The highest BCUT2D eigenvalue weighted by molar-refractivity contribution is 7.17. The number of para-hydroxylation sites is 1. The number of rotatable bonds is 0. The van der Waals surface area contributed by atoms with E-state index in [-0.39, 0.29) is 63.6 Å². The van der Waals surface area contributed by atoms with Crippen molar-refractivity contribution in [1.29, 1.82) is 0 Å². The summed E-state index contributed by atoms with van der Waals surface area (Å²) in [5.41, 5.74) is 29.3. The predicted molar refractivity (Wildman–Crippen MR) is 632 cm³/mol. The number of aromatic amines is 2. The third kappa shape index (κ3) is 34.6. The Morgan fingerprint density at radius 1 is 0.389 bits per heavy atom. The van der Waals surface area contributed by atoms with Crippen LogP contribution in [0.3, 0.4) is 0 Å². The summed E-state index contributed by atoms with van der Waals surface area (Å²) in [6.07, 6.45) is 14.2. The van der Waals surface area contributed by atoms with Crippen molar-refractivity contribution in [2.24, 2.45) is 5.41 Å². The van der Waals surface area contributed by atoms with Crippen molar-refractivity contribution in [2.75, 3.05) is 38.3 Å². The highest BCUT2D eigenvalue weighted by Gasteiger charge is 2.32. The van der Waals surface area contributed by atoms with Gasteiger partial charge in [0.1, 0.15) is 24.6 Å². The number of thiophene rings is 1. The molecule has 16 aromatic rings. The Bertz CT molecular complexity index is 6550. The number of aromatic nitrogens is 6. The molecule has 0 bridgehead atoms. The fourth-order valence-electron chi connectivity index (χ4n) is 17.2. The van der Waals surface area contributed by atoms with Crippen LogP contribution in [0.4, 0.5) is 5.69 Å². The van der Waals surface area contributed by atoms with E-state index in [1.54, 1.807) is 22.5 Å². The van der Waals surface area contributed by atoms with Gasteiger partial charge in [-0.25, -0.2) is 9.97 Å². The highest BCUT2D eigenvalue weighted by atomic mass is 32.1. The minimum absolute atomic E-state index is 0. The minimum Gasteiger partial charge on any atom is -0.493 e. The first kappa shape index (κ1) is 118. The quantitative estimate of drug-likeness (QED) is 0.156. The van der Waals surface area contributed by atoms with Crippen molar-refractivity contribution in [3.8, 4) is 17.2 Å². The van der Waals surface area contributed by atoms with E-state index in [0.717, 1.165) is 58.7 Å². The molecule has 12 heteroatoms. The number of imidazole rings is 1. The van der Waals surface area contributed by atoms with Gasteiger partial charge in [0.2, 0.25) is 0 Å². The minimum atomic E-state index is 0. The third-order valence-corrected chi connectivity index (χ3v) is 28.6. The first-order chi connectivity index (χ1) is 66.1. The van der Waals surface area contributed by atoms with Gasteiger partial charge in [-0.15, -0.1) is 22.7 Å². The largest absolute Gasteiger partial charge is 0.493 e. The van der Waals surface area contributed by atoms with Crippen molar-refractivity contribution < 1.29 is 14.2 Å². The number of nitrogens with zero attached hydrogens (tertiary/aromatic N) is 5. The van der Waals surface area contributed by atoms with Crippen LogP contribution in [0, 0.1) is 19.3 Å². The number of hydrogen-bond acceptors (Lipinski definition) is 9. The molecule has 4 aliphatic rings. The lowest BCUT2D eigenvalue weighted by atomic mass is 9.77. The molecule has 774 valence electrons. The van der Waals surface area contributed by atoms with Crippen LogP contribution in [0.5, 0.6) is 17.2 Å². The highest BCUT2D eigenvalue weighted by Crippen LogP contribution is 2.45. The number of fused-ring (bicyclic) bond motifs is 9. The molecule has 1 atom stereocenters. The molecule has 2 N–H and O–H groups in total. The van der Waals surface area contributed by atoms with Crippen LogP contribution in [0.1, 0.15) is 351 Å². The maximum atomic E-state index is 5.53. The second-order valence-electron chi connectivity index (χ2n) is 50.1. The lowest BCUT2D eigenvalue weighted by Crippen LogP contribution is -2.25. The van der Waals surface area contributed by atoms with Gasteiger partial charge in [0.15, 0.2) is 11.5 Å². The summed E-state index contributed by atoms with van der Waals surface area (Å²) in [6.45, 7) is 81.3. The average molecular weight is 1980 g/mol. The fourth-order valence-corrected chi connectivity index (χ4v) is 19.0. The Labute approximate surface area is 879 Å². The molecule has 9 aromatic carbocycles. The first-order valence-electron chi connectivity index (χ1n) is 51.6. The van der Waals surface area contributed by atoms with E-state index in [1.165, 1.54) is 142 Å². The zero-order valence-electron chi connectivity index (χ0n) is 93.6. The lowest BCUT2D eigenvalue weighted by molar-refractivity contribution is 0.171. The summed E-state index contributed by atoms with van der Waals surface area (Å²) in [7, 11) is 2.19. The molecule has 1 aliphatic carbocycles. The van der Waals surface area contributed by atoms with Gasteiger partial charge in [-0.05, 0) is 280 Å². The Morgan fingerprint density at radius 3 is 1.49 bits per heavy atom. The molecule has 7 aromatic heterocycles. The second kappa shape index (κ2) is 49.4. The van der Waals surface area contributed by atoms with Gasteiger partial charge in [-0.1, -0.05) is 377 Å². The summed E-state index contributed by atoms with van der Waals surface area (Å²) in [4.78, 5) is 22.2. The summed E-state index contributed by atoms with van der Waals surface area (Å²) in [6, 6.07) is 82.1. The molecule has 144 heavy (non-hydrogen) atoms. The molecule has 0 amide bonds. The Morgan fingerprint density at radius 2 is 0.917 bits per heavy atom. The zero-order valence-corrected chi connectivity index (χ0v) is 95.3. The number of ether oxygens (including phenoxy) is 3. The van der Waals surface area contributed by atoms with Crippen LogP contribution in [-0.4, -0.2) is 62.7 Å². The molecule has 10 nitrogen and oxygen atoms in total. The molecule has 0 saturated heterocycles. The number of thiazole rings is 1. The number of benzene rings is 9. The van der Waals surface area contributed by atoms with Crippen LogP contribution in [0.15, 0.2) is 266 Å². The van der Waals surface area contributed by atoms with Crippen LogP contribution >= 0.6 is 22.7 Å². The molecule has 0 fully saturated rings.